The van der Waals surface area contributed by atoms with Crippen LogP contribution in [0.3, 0.4) is 0 Å². The van der Waals surface area contributed by atoms with Crippen LogP contribution in [-0.2, 0) is 0 Å². The largest absolute Gasteiger partial charge is 0.391 e. The third-order valence-corrected chi connectivity index (χ3v) is 4.34. The number of nitriles is 1. The van der Waals surface area contributed by atoms with E-state index in [0.717, 1.165) is 19.5 Å². The van der Waals surface area contributed by atoms with Gasteiger partial charge in [0.1, 0.15) is 5.54 Å². The minimum atomic E-state index is -4.17. The summed E-state index contributed by atoms with van der Waals surface area (Å²) in [5, 5.41) is 12.7. The first-order valence-electron chi connectivity index (χ1n) is 6.92. The highest BCUT2D eigenvalue weighted by atomic mass is 19.4. The molecule has 1 saturated carbocycles. The summed E-state index contributed by atoms with van der Waals surface area (Å²) in [6, 6.07) is 2.22. The van der Waals surface area contributed by atoms with Crippen LogP contribution in [0.5, 0.6) is 0 Å². The van der Waals surface area contributed by atoms with Gasteiger partial charge in [-0.15, -0.1) is 0 Å². The summed E-state index contributed by atoms with van der Waals surface area (Å²) < 4.78 is 38.8. The zero-order chi connectivity index (χ0) is 13.9. The van der Waals surface area contributed by atoms with E-state index in [4.69, 9.17) is 0 Å². The van der Waals surface area contributed by atoms with Crippen molar-refractivity contribution < 1.29 is 13.2 Å². The first-order valence-corrected chi connectivity index (χ1v) is 6.92. The van der Waals surface area contributed by atoms with Gasteiger partial charge in [0.15, 0.2) is 0 Å². The summed E-state index contributed by atoms with van der Waals surface area (Å²) >= 11 is 0. The molecular formula is C13H20F3N3. The molecule has 0 spiro atoms. The Morgan fingerprint density at radius 3 is 2.68 bits per heavy atom. The Hall–Kier alpha value is -0.800. The fourth-order valence-electron chi connectivity index (χ4n) is 3.27. The van der Waals surface area contributed by atoms with E-state index in [1.807, 2.05) is 4.90 Å². The number of rotatable bonds is 1. The molecule has 2 fully saturated rings. The van der Waals surface area contributed by atoms with E-state index in [0.29, 0.717) is 25.9 Å². The molecule has 1 heterocycles. The molecule has 2 rings (SSSR count). The number of nitrogens with zero attached hydrogens (tertiary/aromatic N) is 2. The van der Waals surface area contributed by atoms with Crippen molar-refractivity contribution in [2.75, 3.05) is 26.2 Å². The lowest BCUT2D eigenvalue weighted by atomic mass is 9.75. The van der Waals surface area contributed by atoms with Crippen LogP contribution in [0.15, 0.2) is 0 Å². The topological polar surface area (TPSA) is 39.1 Å². The second-order valence-corrected chi connectivity index (χ2v) is 5.57. The van der Waals surface area contributed by atoms with Gasteiger partial charge in [-0.3, -0.25) is 4.90 Å². The summed E-state index contributed by atoms with van der Waals surface area (Å²) in [5.74, 6) is -1.32. The summed E-state index contributed by atoms with van der Waals surface area (Å²) in [6.07, 6.45) is -2.13. The number of nitrogens with one attached hydrogen (secondary N) is 1. The van der Waals surface area contributed by atoms with Crippen molar-refractivity contribution in [3.05, 3.63) is 0 Å². The molecule has 0 amide bonds. The smallest absolute Gasteiger partial charge is 0.315 e. The van der Waals surface area contributed by atoms with Crippen LogP contribution in [-0.4, -0.2) is 42.8 Å². The molecule has 6 heteroatoms. The molecule has 2 aliphatic rings. The SMILES string of the molecule is N#CC1(N2CCCNCC2)CCCC(C(F)(F)F)C1. The molecule has 0 aromatic carbocycles. The van der Waals surface area contributed by atoms with Crippen LogP contribution in [0.4, 0.5) is 13.2 Å². The molecule has 0 bridgehead atoms. The fraction of sp³-hybridized carbons (Fsp3) is 0.923. The highest BCUT2D eigenvalue weighted by molar-refractivity contribution is 5.12. The Labute approximate surface area is 111 Å². The monoisotopic (exact) mass is 275 g/mol. The predicted molar refractivity (Wildman–Crippen MR) is 65.4 cm³/mol. The molecule has 1 aliphatic carbocycles. The highest BCUT2D eigenvalue weighted by Crippen LogP contribution is 2.44. The molecule has 2 atom stereocenters. The normalized spacial score (nSPS) is 34.5. The maximum absolute atomic E-state index is 12.9. The summed E-state index contributed by atoms with van der Waals surface area (Å²) in [6.45, 7) is 3.00. The molecule has 0 radical (unpaired) electrons. The van der Waals surface area contributed by atoms with Crippen LogP contribution in [0.2, 0.25) is 0 Å². The molecule has 3 nitrogen and oxygen atoms in total. The van der Waals surface area contributed by atoms with Gasteiger partial charge in [0.05, 0.1) is 12.0 Å². The summed E-state index contributed by atoms with van der Waals surface area (Å²) in [7, 11) is 0. The quantitative estimate of drug-likeness (QED) is 0.798. The third-order valence-electron chi connectivity index (χ3n) is 4.34. The maximum Gasteiger partial charge on any atom is 0.391 e. The fourth-order valence-corrected chi connectivity index (χ4v) is 3.27. The van der Waals surface area contributed by atoms with E-state index in [-0.39, 0.29) is 12.8 Å². The average molecular weight is 275 g/mol. The molecular weight excluding hydrogens is 255 g/mol. The first kappa shape index (κ1) is 14.6. The van der Waals surface area contributed by atoms with E-state index >= 15 is 0 Å². The molecule has 1 aliphatic heterocycles. The maximum atomic E-state index is 12.9. The zero-order valence-corrected chi connectivity index (χ0v) is 11.0. The molecule has 1 N–H and O–H groups in total. The van der Waals surface area contributed by atoms with Gasteiger partial charge < -0.3 is 5.32 Å². The van der Waals surface area contributed by atoms with Crippen molar-refractivity contribution in [2.24, 2.45) is 5.92 Å². The van der Waals surface area contributed by atoms with Crippen molar-refractivity contribution in [3.8, 4) is 6.07 Å². The lowest BCUT2D eigenvalue weighted by Gasteiger charge is -2.43. The van der Waals surface area contributed by atoms with Gasteiger partial charge in [-0.2, -0.15) is 18.4 Å². The Morgan fingerprint density at radius 2 is 2.00 bits per heavy atom. The summed E-state index contributed by atoms with van der Waals surface area (Å²) in [5.41, 5.74) is -0.912. The second kappa shape index (κ2) is 5.68. The number of alkyl halides is 3. The van der Waals surface area contributed by atoms with Crippen molar-refractivity contribution in [1.29, 1.82) is 5.26 Å². The molecule has 0 aromatic heterocycles. The molecule has 2 unspecified atom stereocenters. The van der Waals surface area contributed by atoms with Crippen molar-refractivity contribution in [3.63, 3.8) is 0 Å². The number of hydrogen-bond donors (Lipinski definition) is 1. The zero-order valence-electron chi connectivity index (χ0n) is 11.0. The predicted octanol–water partition coefficient (Wildman–Crippen LogP) is 2.30. The van der Waals surface area contributed by atoms with Crippen molar-refractivity contribution in [1.82, 2.24) is 10.2 Å². The number of halogens is 3. The van der Waals surface area contributed by atoms with Gasteiger partial charge >= 0.3 is 6.18 Å². The van der Waals surface area contributed by atoms with Gasteiger partial charge in [-0.1, -0.05) is 0 Å². The van der Waals surface area contributed by atoms with Crippen LogP contribution in [0.25, 0.3) is 0 Å². The molecule has 0 aromatic rings. The summed E-state index contributed by atoms with van der Waals surface area (Å²) in [4.78, 5) is 1.98. The standard InChI is InChI=1S/C13H20F3N3/c14-13(15,16)11-3-1-4-12(9-11,10-17)19-7-2-5-18-6-8-19/h11,18H,1-9H2. The van der Waals surface area contributed by atoms with Crippen molar-refractivity contribution >= 4 is 0 Å². The van der Waals surface area contributed by atoms with E-state index < -0.39 is 17.6 Å². The van der Waals surface area contributed by atoms with E-state index in [2.05, 4.69) is 11.4 Å². The van der Waals surface area contributed by atoms with Crippen molar-refractivity contribution in [2.45, 2.75) is 43.8 Å². The number of hydrogen-bond acceptors (Lipinski definition) is 3. The lowest BCUT2D eigenvalue weighted by Crippen LogP contribution is -2.53. The van der Waals surface area contributed by atoms with Gasteiger partial charge in [0.25, 0.3) is 0 Å². The van der Waals surface area contributed by atoms with Gasteiger partial charge in [0.2, 0.25) is 0 Å². The minimum absolute atomic E-state index is 0.0625. The highest BCUT2D eigenvalue weighted by Gasteiger charge is 2.50. The second-order valence-electron chi connectivity index (χ2n) is 5.57. The lowest BCUT2D eigenvalue weighted by molar-refractivity contribution is -0.190. The van der Waals surface area contributed by atoms with Gasteiger partial charge in [0, 0.05) is 19.6 Å². The third kappa shape index (κ3) is 3.21. The molecule has 1 saturated heterocycles. The average Bonchev–Trinajstić information content (AvgIpc) is 2.67. The Kier molecular flexibility index (Phi) is 4.36. The van der Waals surface area contributed by atoms with Crippen LogP contribution in [0, 0.1) is 17.2 Å². The molecule has 19 heavy (non-hydrogen) atoms. The van der Waals surface area contributed by atoms with E-state index in [9.17, 15) is 18.4 Å². The first-order chi connectivity index (χ1) is 8.98. The van der Waals surface area contributed by atoms with Crippen LogP contribution < -0.4 is 5.32 Å². The van der Waals surface area contributed by atoms with Crippen LogP contribution >= 0.6 is 0 Å². The Bertz CT molecular complexity index is 342. The molecule has 108 valence electrons. The Balaban J connectivity index is 2.14. The van der Waals surface area contributed by atoms with E-state index in [1.165, 1.54) is 0 Å². The minimum Gasteiger partial charge on any atom is -0.315 e. The van der Waals surface area contributed by atoms with Gasteiger partial charge in [-0.05, 0) is 38.6 Å². The van der Waals surface area contributed by atoms with Gasteiger partial charge in [-0.25, -0.2) is 0 Å². The Morgan fingerprint density at radius 1 is 1.21 bits per heavy atom. The van der Waals surface area contributed by atoms with Crippen LogP contribution in [0.1, 0.15) is 32.1 Å². The van der Waals surface area contributed by atoms with E-state index in [1.54, 1.807) is 0 Å².